The first-order valence-electron chi connectivity index (χ1n) is 13.4. The Bertz CT molecular complexity index is 493. The van der Waals surface area contributed by atoms with Crippen LogP contribution in [-0.4, -0.2) is 26.2 Å². The van der Waals surface area contributed by atoms with Crippen LogP contribution in [0.5, 0.6) is 0 Å². The van der Waals surface area contributed by atoms with E-state index in [2.05, 4.69) is 76.5 Å². The van der Waals surface area contributed by atoms with E-state index in [-0.39, 0.29) is 0 Å². The number of hydrogen-bond acceptors (Lipinski definition) is 2. The van der Waals surface area contributed by atoms with Crippen molar-refractivity contribution < 1.29 is 0 Å². The van der Waals surface area contributed by atoms with Gasteiger partial charge in [0.2, 0.25) is 0 Å². The van der Waals surface area contributed by atoms with Gasteiger partial charge in [0.15, 0.2) is 0 Å². The highest BCUT2D eigenvalue weighted by Crippen LogP contribution is 2.09. The van der Waals surface area contributed by atoms with Crippen molar-refractivity contribution in [3.8, 4) is 0 Å². The lowest BCUT2D eigenvalue weighted by Gasteiger charge is -2.05. The van der Waals surface area contributed by atoms with Crippen molar-refractivity contribution in [2.45, 2.75) is 119 Å². The zero-order valence-corrected chi connectivity index (χ0v) is 22.6. The fraction of sp³-hybridized carbons (Fsp3) is 0.733. The van der Waals surface area contributed by atoms with Crippen molar-refractivity contribution in [1.82, 2.24) is 10.6 Å². The summed E-state index contributed by atoms with van der Waals surface area (Å²) in [4.78, 5) is 0. The molecule has 186 valence electrons. The summed E-state index contributed by atoms with van der Waals surface area (Å²) >= 11 is 0. The molecule has 2 nitrogen and oxygen atoms in total. The van der Waals surface area contributed by atoms with Crippen molar-refractivity contribution >= 4 is 0 Å². The number of rotatable bonds is 21. The molecule has 0 aliphatic heterocycles. The van der Waals surface area contributed by atoms with Crippen molar-refractivity contribution in [1.29, 1.82) is 0 Å². The maximum Gasteiger partial charge on any atom is 0.0137 e. The van der Waals surface area contributed by atoms with Gasteiger partial charge in [-0.25, -0.2) is 0 Å². The molecule has 0 atom stereocenters. The first-order valence-corrected chi connectivity index (χ1v) is 13.4. The molecular formula is C30H56N2. The molecule has 0 spiro atoms. The first-order chi connectivity index (χ1) is 15.4. The monoisotopic (exact) mass is 444 g/mol. The third-order valence-corrected chi connectivity index (χ3v) is 5.83. The predicted octanol–water partition coefficient (Wildman–Crippen LogP) is 8.67. The fourth-order valence-electron chi connectivity index (χ4n) is 3.64. The van der Waals surface area contributed by atoms with E-state index in [1.807, 2.05) is 0 Å². The molecule has 0 aliphatic rings. The molecule has 0 rings (SSSR count). The Labute approximate surface area is 202 Å². The van der Waals surface area contributed by atoms with E-state index in [1.54, 1.807) is 0 Å². The smallest absolute Gasteiger partial charge is 0.0137 e. The molecule has 0 saturated carbocycles. The lowest BCUT2D eigenvalue weighted by Crippen LogP contribution is -2.15. The number of nitrogens with one attached hydrogen (secondary N) is 2. The highest BCUT2D eigenvalue weighted by molar-refractivity contribution is 5.03. The Morgan fingerprint density at radius 1 is 0.469 bits per heavy atom. The van der Waals surface area contributed by atoms with Gasteiger partial charge in [0.05, 0.1) is 0 Å². The zero-order valence-electron chi connectivity index (χ0n) is 22.6. The Hall–Kier alpha value is -1.12. The highest BCUT2D eigenvalue weighted by atomic mass is 14.8. The second kappa shape index (κ2) is 23.1. The van der Waals surface area contributed by atoms with Crippen molar-refractivity contribution in [3.63, 3.8) is 0 Å². The van der Waals surface area contributed by atoms with E-state index in [0.29, 0.717) is 0 Å². The van der Waals surface area contributed by atoms with Crippen LogP contribution in [-0.2, 0) is 0 Å². The van der Waals surface area contributed by atoms with Crippen LogP contribution >= 0.6 is 0 Å². The molecule has 0 aliphatic carbocycles. The van der Waals surface area contributed by atoms with Crippen molar-refractivity contribution in [3.05, 3.63) is 46.6 Å². The molecule has 0 saturated heterocycles. The van der Waals surface area contributed by atoms with Gasteiger partial charge < -0.3 is 10.6 Å². The molecule has 0 aromatic carbocycles. The summed E-state index contributed by atoms with van der Waals surface area (Å²) in [6, 6.07) is 0. The Morgan fingerprint density at radius 2 is 0.812 bits per heavy atom. The highest BCUT2D eigenvalue weighted by Gasteiger charge is 1.94. The van der Waals surface area contributed by atoms with Gasteiger partial charge in [-0.15, -0.1) is 0 Å². The Morgan fingerprint density at radius 3 is 1.16 bits per heavy atom. The van der Waals surface area contributed by atoms with Crippen LogP contribution < -0.4 is 10.6 Å². The summed E-state index contributed by atoms with van der Waals surface area (Å²) in [5.74, 6) is 0. The minimum absolute atomic E-state index is 1.03. The van der Waals surface area contributed by atoms with E-state index >= 15 is 0 Å². The van der Waals surface area contributed by atoms with Crippen LogP contribution in [0.4, 0.5) is 0 Å². The Balaban J connectivity index is 3.34. The van der Waals surface area contributed by atoms with Crippen LogP contribution in [0.15, 0.2) is 46.6 Å². The molecule has 0 bridgehead atoms. The normalized spacial score (nSPS) is 12.2. The predicted molar refractivity (Wildman–Crippen MR) is 148 cm³/mol. The molecule has 0 fully saturated rings. The summed E-state index contributed by atoms with van der Waals surface area (Å²) in [5, 5.41) is 7.13. The summed E-state index contributed by atoms with van der Waals surface area (Å²) in [5.41, 5.74) is 5.86. The van der Waals surface area contributed by atoms with Gasteiger partial charge in [-0.1, -0.05) is 85.1 Å². The molecule has 32 heavy (non-hydrogen) atoms. The quantitative estimate of drug-likeness (QED) is 0.137. The van der Waals surface area contributed by atoms with Gasteiger partial charge in [-0.2, -0.15) is 0 Å². The topological polar surface area (TPSA) is 24.1 Å². The van der Waals surface area contributed by atoms with Crippen LogP contribution in [0.3, 0.4) is 0 Å². The largest absolute Gasteiger partial charge is 0.313 e. The minimum Gasteiger partial charge on any atom is -0.313 e. The van der Waals surface area contributed by atoms with E-state index < -0.39 is 0 Å². The lowest BCUT2D eigenvalue weighted by molar-refractivity contribution is 0.549. The van der Waals surface area contributed by atoms with Gasteiger partial charge in [0.1, 0.15) is 0 Å². The van der Waals surface area contributed by atoms with Gasteiger partial charge >= 0.3 is 0 Å². The maximum atomic E-state index is 3.57. The summed E-state index contributed by atoms with van der Waals surface area (Å²) in [7, 11) is 0. The van der Waals surface area contributed by atoms with Gasteiger partial charge in [-0.3, -0.25) is 0 Å². The minimum atomic E-state index is 1.03. The van der Waals surface area contributed by atoms with Crippen LogP contribution in [0.2, 0.25) is 0 Å². The second-order valence-corrected chi connectivity index (χ2v) is 9.98. The molecule has 0 aromatic heterocycles. The number of unbranched alkanes of at least 4 members (excludes halogenated alkanes) is 7. The van der Waals surface area contributed by atoms with Gasteiger partial charge in [0.25, 0.3) is 0 Å². The average molecular weight is 445 g/mol. The molecule has 0 unspecified atom stereocenters. The lowest BCUT2D eigenvalue weighted by atomic mass is 10.1. The maximum absolute atomic E-state index is 3.57. The molecule has 0 heterocycles. The molecule has 2 heteroatoms. The molecule has 0 radical (unpaired) electrons. The molecule has 0 aromatic rings. The van der Waals surface area contributed by atoms with Gasteiger partial charge in [-0.05, 0) is 93.2 Å². The number of hydrogen-bond donors (Lipinski definition) is 2. The molecule has 0 amide bonds. The first kappa shape index (κ1) is 30.9. The summed E-state index contributed by atoms with van der Waals surface area (Å²) < 4.78 is 0. The van der Waals surface area contributed by atoms with Gasteiger partial charge in [0, 0.05) is 13.1 Å². The van der Waals surface area contributed by atoms with E-state index in [4.69, 9.17) is 0 Å². The van der Waals surface area contributed by atoms with E-state index in [9.17, 15) is 0 Å². The average Bonchev–Trinajstić information content (AvgIpc) is 2.72. The van der Waals surface area contributed by atoms with Crippen molar-refractivity contribution in [2.24, 2.45) is 0 Å². The van der Waals surface area contributed by atoms with Crippen LogP contribution in [0, 0.1) is 0 Å². The standard InChI is InChI=1S/C30H56N2/c1-27(2)17-15-19-29(5)21-25-31-23-13-11-9-7-8-10-12-14-24-32-26-22-30(6)20-16-18-28(3)4/h17-18,21-22,31-32H,7-16,19-20,23-26H2,1-6H3/b29-21+,30-22+. The van der Waals surface area contributed by atoms with Crippen molar-refractivity contribution in [2.75, 3.05) is 26.2 Å². The Kier molecular flexibility index (Phi) is 22.2. The summed E-state index contributed by atoms with van der Waals surface area (Å²) in [6.45, 7) is 17.6. The third-order valence-electron chi connectivity index (χ3n) is 5.83. The number of allylic oxidation sites excluding steroid dienone is 6. The fourth-order valence-corrected chi connectivity index (χ4v) is 3.64. The van der Waals surface area contributed by atoms with Crippen LogP contribution in [0.25, 0.3) is 0 Å². The molecule has 2 N–H and O–H groups in total. The van der Waals surface area contributed by atoms with Crippen LogP contribution in [0.1, 0.15) is 119 Å². The van der Waals surface area contributed by atoms with E-state index in [1.165, 1.54) is 99.3 Å². The second-order valence-electron chi connectivity index (χ2n) is 9.98. The SMILES string of the molecule is CC(C)=CCC/C(C)=C/CNCCCCCCCCCCNC/C=C(\C)CCC=C(C)C. The molecular weight excluding hydrogens is 388 g/mol. The third kappa shape index (κ3) is 25.1. The van der Waals surface area contributed by atoms with E-state index in [0.717, 1.165) is 26.2 Å². The summed E-state index contributed by atoms with van der Waals surface area (Å²) in [6.07, 6.45) is 25.1. The zero-order chi connectivity index (χ0) is 23.9.